The minimum Gasteiger partial charge on any atom is -0.294 e. The highest BCUT2D eigenvalue weighted by molar-refractivity contribution is 6.36. The molecule has 1 aromatic carbocycles. The van der Waals surface area contributed by atoms with Crippen LogP contribution in [0.3, 0.4) is 0 Å². The van der Waals surface area contributed by atoms with E-state index in [4.69, 9.17) is 23.2 Å². The molecule has 0 heterocycles. The number of hydrogen-bond donors (Lipinski definition) is 0. The second-order valence-corrected chi connectivity index (χ2v) is 3.64. The lowest BCUT2D eigenvalue weighted by Crippen LogP contribution is -1.98. The molecule has 0 atom stereocenters. The maximum absolute atomic E-state index is 11.4. The zero-order valence-corrected chi connectivity index (χ0v) is 8.82. The van der Waals surface area contributed by atoms with Crippen LogP contribution < -0.4 is 0 Å². The summed E-state index contributed by atoms with van der Waals surface area (Å²) in [6.45, 7) is 1.96. The summed E-state index contributed by atoms with van der Waals surface area (Å²) in [5, 5.41) is 0.990. The molecule has 0 spiro atoms. The van der Waals surface area contributed by atoms with Crippen LogP contribution >= 0.6 is 23.2 Å². The largest absolute Gasteiger partial charge is 0.294 e. The van der Waals surface area contributed by atoms with Gasteiger partial charge in [-0.1, -0.05) is 30.1 Å². The highest BCUT2D eigenvalue weighted by Crippen LogP contribution is 2.22. The summed E-state index contributed by atoms with van der Waals surface area (Å²) in [5.41, 5.74) is 0.563. The maximum atomic E-state index is 11.4. The molecule has 0 saturated carbocycles. The van der Waals surface area contributed by atoms with Gasteiger partial charge in [-0.2, -0.15) is 0 Å². The number of halogens is 2. The molecule has 3 heteroatoms. The van der Waals surface area contributed by atoms with Crippen molar-refractivity contribution in [2.24, 2.45) is 0 Å². The Labute approximate surface area is 87.7 Å². The van der Waals surface area contributed by atoms with Crippen molar-refractivity contribution in [2.45, 2.75) is 19.8 Å². The highest BCUT2D eigenvalue weighted by atomic mass is 35.5. The Morgan fingerprint density at radius 3 is 2.62 bits per heavy atom. The van der Waals surface area contributed by atoms with Crippen molar-refractivity contribution in [3.8, 4) is 0 Å². The smallest absolute Gasteiger partial charge is 0.164 e. The molecule has 0 aliphatic rings. The molecular weight excluding hydrogens is 207 g/mol. The van der Waals surface area contributed by atoms with Gasteiger partial charge in [0.1, 0.15) is 0 Å². The minimum absolute atomic E-state index is 0.0733. The molecule has 0 bridgehead atoms. The lowest BCUT2D eigenvalue weighted by Gasteiger charge is -2.01. The first-order chi connectivity index (χ1) is 6.15. The molecule has 1 rings (SSSR count). The van der Waals surface area contributed by atoms with Gasteiger partial charge in [0.25, 0.3) is 0 Å². The highest BCUT2D eigenvalue weighted by Gasteiger charge is 2.08. The Balaban J connectivity index is 2.95. The normalized spacial score (nSPS) is 10.1. The van der Waals surface area contributed by atoms with Crippen LogP contribution in [0.2, 0.25) is 10.0 Å². The van der Waals surface area contributed by atoms with Gasteiger partial charge in [0.05, 0.1) is 5.02 Å². The summed E-state index contributed by atoms with van der Waals surface area (Å²) in [5.74, 6) is 0.0733. The van der Waals surface area contributed by atoms with Crippen molar-refractivity contribution in [1.29, 1.82) is 0 Å². The molecule has 0 aromatic heterocycles. The molecule has 1 nitrogen and oxygen atoms in total. The Hall–Kier alpha value is -0.530. The summed E-state index contributed by atoms with van der Waals surface area (Å²) >= 11 is 11.6. The fraction of sp³-hybridized carbons (Fsp3) is 0.300. The van der Waals surface area contributed by atoms with E-state index in [1.54, 1.807) is 18.2 Å². The number of ketones is 1. The molecule has 70 valence electrons. The van der Waals surface area contributed by atoms with Crippen LogP contribution in [0, 0.1) is 0 Å². The van der Waals surface area contributed by atoms with E-state index in [0.29, 0.717) is 22.0 Å². The van der Waals surface area contributed by atoms with Crippen molar-refractivity contribution in [1.82, 2.24) is 0 Å². The van der Waals surface area contributed by atoms with Crippen LogP contribution in [-0.4, -0.2) is 5.78 Å². The predicted molar refractivity (Wildman–Crippen MR) is 55.7 cm³/mol. The van der Waals surface area contributed by atoms with E-state index in [1.165, 1.54) is 0 Å². The lowest BCUT2D eigenvalue weighted by atomic mass is 10.1. The Morgan fingerprint density at radius 2 is 2.08 bits per heavy atom. The van der Waals surface area contributed by atoms with Gasteiger partial charge in [-0.15, -0.1) is 0 Å². The van der Waals surface area contributed by atoms with Crippen molar-refractivity contribution in [3.05, 3.63) is 33.8 Å². The molecule has 1 aromatic rings. The van der Waals surface area contributed by atoms with Gasteiger partial charge in [0.2, 0.25) is 0 Å². The molecule has 13 heavy (non-hydrogen) atoms. The molecule has 0 fully saturated rings. The van der Waals surface area contributed by atoms with Gasteiger partial charge >= 0.3 is 0 Å². The van der Waals surface area contributed by atoms with E-state index in [-0.39, 0.29) is 5.78 Å². The van der Waals surface area contributed by atoms with Gasteiger partial charge in [-0.05, 0) is 24.6 Å². The van der Waals surface area contributed by atoms with Gasteiger partial charge in [0, 0.05) is 17.0 Å². The van der Waals surface area contributed by atoms with E-state index < -0.39 is 0 Å². The van der Waals surface area contributed by atoms with Crippen molar-refractivity contribution in [3.63, 3.8) is 0 Å². The number of hydrogen-bond acceptors (Lipinski definition) is 1. The minimum atomic E-state index is 0.0733. The number of Topliss-reactive ketones (excluding diaryl/α,β-unsaturated/α-hetero) is 1. The fourth-order valence-electron chi connectivity index (χ4n) is 1.08. The summed E-state index contributed by atoms with van der Waals surface area (Å²) in [6.07, 6.45) is 1.36. The third-order valence-electron chi connectivity index (χ3n) is 1.71. The third-order valence-corrected chi connectivity index (χ3v) is 2.26. The van der Waals surface area contributed by atoms with Crippen LogP contribution in [0.4, 0.5) is 0 Å². The molecule has 0 amide bonds. The monoisotopic (exact) mass is 216 g/mol. The lowest BCUT2D eigenvalue weighted by molar-refractivity contribution is 0.0982. The average molecular weight is 217 g/mol. The van der Waals surface area contributed by atoms with Crippen LogP contribution in [0.15, 0.2) is 18.2 Å². The summed E-state index contributed by atoms with van der Waals surface area (Å²) < 4.78 is 0. The Kier molecular flexibility index (Phi) is 3.76. The Bertz CT molecular complexity index is 321. The number of benzene rings is 1. The maximum Gasteiger partial charge on any atom is 0.164 e. The quantitative estimate of drug-likeness (QED) is 0.700. The molecular formula is C10H10Cl2O. The van der Waals surface area contributed by atoms with Gasteiger partial charge in [-0.3, -0.25) is 4.79 Å². The van der Waals surface area contributed by atoms with Crippen LogP contribution in [0.25, 0.3) is 0 Å². The van der Waals surface area contributed by atoms with Gasteiger partial charge < -0.3 is 0 Å². The van der Waals surface area contributed by atoms with E-state index in [0.717, 1.165) is 6.42 Å². The summed E-state index contributed by atoms with van der Waals surface area (Å²) in [4.78, 5) is 11.4. The predicted octanol–water partition coefficient (Wildman–Crippen LogP) is 3.98. The van der Waals surface area contributed by atoms with Crippen LogP contribution in [0.1, 0.15) is 30.1 Å². The molecule has 0 saturated heterocycles. The number of carbonyl (C=O) groups is 1. The first-order valence-corrected chi connectivity index (χ1v) is 4.89. The average Bonchev–Trinajstić information content (AvgIpc) is 2.04. The summed E-state index contributed by atoms with van der Waals surface area (Å²) in [7, 11) is 0. The third kappa shape index (κ3) is 2.71. The van der Waals surface area contributed by atoms with Gasteiger partial charge in [-0.25, -0.2) is 0 Å². The van der Waals surface area contributed by atoms with E-state index in [9.17, 15) is 4.79 Å². The van der Waals surface area contributed by atoms with Crippen molar-refractivity contribution < 1.29 is 4.79 Å². The first-order valence-electron chi connectivity index (χ1n) is 4.13. The number of rotatable bonds is 3. The standard InChI is InChI=1S/C10H10Cl2O/c1-2-3-10(13)8-5-4-7(11)6-9(8)12/h4-6H,2-3H2,1H3. The topological polar surface area (TPSA) is 17.1 Å². The van der Waals surface area contributed by atoms with E-state index in [2.05, 4.69) is 0 Å². The second-order valence-electron chi connectivity index (χ2n) is 2.80. The van der Waals surface area contributed by atoms with E-state index in [1.807, 2.05) is 6.92 Å². The number of carbonyl (C=O) groups excluding carboxylic acids is 1. The Morgan fingerprint density at radius 1 is 1.38 bits per heavy atom. The molecule has 0 N–H and O–H groups in total. The first kappa shape index (κ1) is 10.6. The van der Waals surface area contributed by atoms with Crippen molar-refractivity contribution >= 4 is 29.0 Å². The molecule has 0 radical (unpaired) electrons. The van der Waals surface area contributed by atoms with Crippen molar-refractivity contribution in [2.75, 3.05) is 0 Å². The zero-order valence-electron chi connectivity index (χ0n) is 7.31. The summed E-state index contributed by atoms with van der Waals surface area (Å²) in [6, 6.07) is 4.94. The molecule has 0 aliphatic heterocycles. The molecule has 0 unspecified atom stereocenters. The second kappa shape index (κ2) is 4.64. The molecule has 0 aliphatic carbocycles. The van der Waals surface area contributed by atoms with Gasteiger partial charge in [0.15, 0.2) is 5.78 Å². The SMILES string of the molecule is CCCC(=O)c1ccc(Cl)cc1Cl. The van der Waals surface area contributed by atoms with E-state index >= 15 is 0 Å². The zero-order chi connectivity index (χ0) is 9.84. The van der Waals surface area contributed by atoms with Crippen LogP contribution in [-0.2, 0) is 0 Å². The fourth-order valence-corrected chi connectivity index (χ4v) is 1.59. The van der Waals surface area contributed by atoms with Crippen LogP contribution in [0.5, 0.6) is 0 Å².